The second kappa shape index (κ2) is 7.21. The maximum atomic E-state index is 12.5. The first-order chi connectivity index (χ1) is 11.2. The fourth-order valence-electron chi connectivity index (χ4n) is 3.54. The predicted octanol–water partition coefficient (Wildman–Crippen LogP) is 1.98. The van der Waals surface area contributed by atoms with Gasteiger partial charge in [0.15, 0.2) is 11.5 Å². The molecule has 1 N–H and O–H groups in total. The van der Waals surface area contributed by atoms with Crippen molar-refractivity contribution in [3.8, 4) is 11.5 Å². The minimum Gasteiger partial charge on any atom is -0.493 e. The van der Waals surface area contributed by atoms with Gasteiger partial charge in [-0.25, -0.2) is 0 Å². The van der Waals surface area contributed by atoms with Crippen molar-refractivity contribution in [2.45, 2.75) is 32.2 Å². The van der Waals surface area contributed by atoms with Crippen molar-refractivity contribution in [3.63, 3.8) is 0 Å². The third-order valence-corrected chi connectivity index (χ3v) is 5.00. The summed E-state index contributed by atoms with van der Waals surface area (Å²) in [5, 5.41) is 3.36. The summed E-state index contributed by atoms with van der Waals surface area (Å²) in [6.45, 7) is 3.63. The Hall–Kier alpha value is -1.75. The van der Waals surface area contributed by atoms with Crippen molar-refractivity contribution in [3.05, 3.63) is 23.3 Å². The summed E-state index contributed by atoms with van der Waals surface area (Å²) in [6, 6.07) is 4.05. The summed E-state index contributed by atoms with van der Waals surface area (Å²) in [5.74, 6) is 2.44. The number of benzene rings is 1. The summed E-state index contributed by atoms with van der Waals surface area (Å²) in [5.41, 5.74) is 2.43. The molecule has 23 heavy (non-hydrogen) atoms. The van der Waals surface area contributed by atoms with E-state index in [1.54, 1.807) is 14.2 Å². The van der Waals surface area contributed by atoms with Crippen LogP contribution >= 0.6 is 0 Å². The van der Waals surface area contributed by atoms with Crippen LogP contribution in [0.15, 0.2) is 12.1 Å². The highest BCUT2D eigenvalue weighted by Crippen LogP contribution is 2.33. The number of hydrogen-bond acceptors (Lipinski definition) is 4. The topological polar surface area (TPSA) is 50.8 Å². The van der Waals surface area contributed by atoms with Gasteiger partial charge in [0, 0.05) is 19.5 Å². The average Bonchev–Trinajstić information content (AvgIpc) is 3.11. The zero-order valence-electron chi connectivity index (χ0n) is 14.1. The lowest BCUT2D eigenvalue weighted by Gasteiger charge is -2.30. The molecule has 126 valence electrons. The molecule has 1 atom stereocenters. The summed E-state index contributed by atoms with van der Waals surface area (Å²) in [7, 11) is 3.30. The highest BCUT2D eigenvalue weighted by Gasteiger charge is 2.24. The van der Waals surface area contributed by atoms with Crippen molar-refractivity contribution < 1.29 is 14.3 Å². The minimum absolute atomic E-state index is 0.275. The zero-order chi connectivity index (χ0) is 16.2. The highest BCUT2D eigenvalue weighted by molar-refractivity contribution is 5.76. The third kappa shape index (κ3) is 3.61. The molecule has 1 unspecified atom stereocenters. The Balaban J connectivity index is 1.63. The lowest BCUT2D eigenvalue weighted by molar-refractivity contribution is -0.132. The van der Waals surface area contributed by atoms with Crippen LogP contribution in [0.5, 0.6) is 11.5 Å². The number of carbonyl (C=O) groups excluding carboxylic acids is 1. The van der Waals surface area contributed by atoms with Gasteiger partial charge in [0.05, 0.1) is 14.2 Å². The second-order valence-electron chi connectivity index (χ2n) is 6.44. The summed E-state index contributed by atoms with van der Waals surface area (Å²) < 4.78 is 10.7. The van der Waals surface area contributed by atoms with Gasteiger partial charge in [-0.1, -0.05) is 0 Å². The van der Waals surface area contributed by atoms with Crippen LogP contribution in [-0.4, -0.2) is 44.7 Å². The van der Waals surface area contributed by atoms with Gasteiger partial charge in [-0.15, -0.1) is 0 Å². The van der Waals surface area contributed by atoms with E-state index in [0.717, 1.165) is 44.0 Å². The molecular formula is C18H26N2O3. The van der Waals surface area contributed by atoms with Gasteiger partial charge in [0.2, 0.25) is 5.91 Å². The van der Waals surface area contributed by atoms with E-state index in [1.165, 1.54) is 17.5 Å². The Labute approximate surface area is 137 Å². The van der Waals surface area contributed by atoms with Gasteiger partial charge in [-0.05, 0) is 61.5 Å². The maximum absolute atomic E-state index is 12.5. The second-order valence-corrected chi connectivity index (χ2v) is 6.44. The number of amides is 1. The van der Waals surface area contributed by atoms with E-state index in [-0.39, 0.29) is 5.91 Å². The molecule has 1 fully saturated rings. The number of nitrogens with one attached hydrogen (secondary N) is 1. The molecule has 0 bridgehead atoms. The summed E-state index contributed by atoms with van der Waals surface area (Å²) >= 11 is 0. The van der Waals surface area contributed by atoms with Gasteiger partial charge in [0.1, 0.15) is 0 Å². The van der Waals surface area contributed by atoms with E-state index in [9.17, 15) is 4.79 Å². The lowest BCUT2D eigenvalue weighted by atomic mass is 9.97. The summed E-state index contributed by atoms with van der Waals surface area (Å²) in [4.78, 5) is 14.5. The first kappa shape index (κ1) is 16.1. The molecule has 5 heteroatoms. The van der Waals surface area contributed by atoms with Crippen LogP contribution in [0.3, 0.4) is 0 Å². The zero-order valence-corrected chi connectivity index (χ0v) is 14.1. The van der Waals surface area contributed by atoms with Crippen molar-refractivity contribution in [2.24, 2.45) is 5.92 Å². The van der Waals surface area contributed by atoms with Crippen LogP contribution in [0.25, 0.3) is 0 Å². The van der Waals surface area contributed by atoms with E-state index in [1.807, 2.05) is 17.0 Å². The molecule has 3 rings (SSSR count). The first-order valence-corrected chi connectivity index (χ1v) is 8.43. The third-order valence-electron chi connectivity index (χ3n) is 5.00. The number of hydrogen-bond donors (Lipinski definition) is 1. The van der Waals surface area contributed by atoms with E-state index >= 15 is 0 Å². The first-order valence-electron chi connectivity index (χ1n) is 8.43. The quantitative estimate of drug-likeness (QED) is 0.902. The van der Waals surface area contributed by atoms with Gasteiger partial charge in [-0.2, -0.15) is 0 Å². The fourth-order valence-corrected chi connectivity index (χ4v) is 3.54. The van der Waals surface area contributed by atoms with Gasteiger partial charge in [-0.3, -0.25) is 4.79 Å². The van der Waals surface area contributed by atoms with E-state index in [2.05, 4.69) is 5.32 Å². The number of carbonyl (C=O) groups is 1. The SMILES string of the molecule is COc1cc2c(cc1OC)CN(C(=O)CCC1CCNC1)CC2. The average molecular weight is 318 g/mol. The van der Waals surface area contributed by atoms with Gasteiger partial charge in [0.25, 0.3) is 0 Å². The van der Waals surface area contributed by atoms with Crippen LogP contribution in [0, 0.1) is 5.92 Å². The Bertz CT molecular complexity index is 568. The Morgan fingerprint density at radius 3 is 2.65 bits per heavy atom. The molecule has 1 amide bonds. The highest BCUT2D eigenvalue weighted by atomic mass is 16.5. The Kier molecular flexibility index (Phi) is 5.06. The minimum atomic E-state index is 0.275. The van der Waals surface area contributed by atoms with E-state index in [4.69, 9.17) is 9.47 Å². The van der Waals surface area contributed by atoms with Crippen LogP contribution in [0.4, 0.5) is 0 Å². The Morgan fingerprint density at radius 2 is 2.00 bits per heavy atom. The number of fused-ring (bicyclic) bond motifs is 1. The van der Waals surface area contributed by atoms with Crippen molar-refractivity contribution >= 4 is 5.91 Å². The molecule has 0 radical (unpaired) electrons. The lowest BCUT2D eigenvalue weighted by Crippen LogP contribution is -2.36. The molecule has 5 nitrogen and oxygen atoms in total. The van der Waals surface area contributed by atoms with Crippen molar-refractivity contribution in [1.82, 2.24) is 10.2 Å². The number of rotatable bonds is 5. The molecule has 1 aromatic carbocycles. The molecule has 0 aromatic heterocycles. The van der Waals surface area contributed by atoms with Crippen molar-refractivity contribution in [2.75, 3.05) is 33.9 Å². The maximum Gasteiger partial charge on any atom is 0.222 e. The molecule has 2 aliphatic heterocycles. The smallest absolute Gasteiger partial charge is 0.222 e. The number of nitrogens with zero attached hydrogens (tertiary/aromatic N) is 1. The monoisotopic (exact) mass is 318 g/mol. The standard InChI is InChI=1S/C18H26N2O3/c1-22-16-9-14-6-8-20(12-15(14)10-17(16)23-2)18(21)4-3-13-5-7-19-11-13/h9-10,13,19H,3-8,11-12H2,1-2H3. The van der Waals surface area contributed by atoms with Crippen molar-refractivity contribution in [1.29, 1.82) is 0 Å². The van der Waals surface area contributed by atoms with Crippen LogP contribution < -0.4 is 14.8 Å². The largest absolute Gasteiger partial charge is 0.493 e. The number of methoxy groups -OCH3 is 2. The molecule has 0 saturated carbocycles. The molecule has 0 spiro atoms. The van der Waals surface area contributed by atoms with Gasteiger partial charge < -0.3 is 19.7 Å². The molecule has 1 aromatic rings. The summed E-state index contributed by atoms with van der Waals surface area (Å²) in [6.07, 6.45) is 3.75. The molecule has 2 aliphatic rings. The molecular weight excluding hydrogens is 292 g/mol. The molecule has 2 heterocycles. The number of ether oxygens (including phenoxy) is 2. The fraction of sp³-hybridized carbons (Fsp3) is 0.611. The van der Waals surface area contributed by atoms with Crippen LogP contribution in [-0.2, 0) is 17.8 Å². The van der Waals surface area contributed by atoms with Gasteiger partial charge >= 0.3 is 0 Å². The Morgan fingerprint density at radius 1 is 1.26 bits per heavy atom. The molecule has 1 saturated heterocycles. The normalized spacial score (nSPS) is 20.3. The van der Waals surface area contributed by atoms with E-state index in [0.29, 0.717) is 18.9 Å². The van der Waals surface area contributed by atoms with Crippen LogP contribution in [0.1, 0.15) is 30.4 Å². The predicted molar refractivity (Wildman–Crippen MR) is 88.9 cm³/mol. The van der Waals surface area contributed by atoms with Crippen LogP contribution in [0.2, 0.25) is 0 Å². The molecule has 0 aliphatic carbocycles. The van der Waals surface area contributed by atoms with E-state index < -0.39 is 0 Å².